The number of aromatic nitrogens is 4. The van der Waals surface area contributed by atoms with Gasteiger partial charge in [0.05, 0.1) is 15.4 Å². The molecule has 1 fully saturated rings. The maximum absolute atomic E-state index is 12.9. The summed E-state index contributed by atoms with van der Waals surface area (Å²) in [5, 5.41) is 10.2. The van der Waals surface area contributed by atoms with E-state index in [1.165, 1.54) is 25.0 Å². The van der Waals surface area contributed by atoms with Gasteiger partial charge in [-0.2, -0.15) is 10.1 Å². The van der Waals surface area contributed by atoms with Crippen molar-refractivity contribution in [3.05, 3.63) is 58.7 Å². The Morgan fingerprint density at radius 1 is 1.08 bits per heavy atom. The van der Waals surface area contributed by atoms with E-state index in [0.29, 0.717) is 11.6 Å². The molecule has 0 bridgehead atoms. The third-order valence-electron chi connectivity index (χ3n) is 6.56. The first-order valence-electron chi connectivity index (χ1n) is 12.6. The number of aryl methyl sites for hydroxylation is 1. The number of hydrazine groups is 1. The molecule has 2 aromatic heterocycles. The highest BCUT2D eigenvalue weighted by Gasteiger charge is 2.24. The summed E-state index contributed by atoms with van der Waals surface area (Å²) in [6.07, 6.45) is 6.35. The standard InChI is InChI=1S/C26H29Cl2N7O2S/c1-3-4-16-35(34-14-5-6-15-34)26-29-17-20-24(31-33(2)25(20)30-26)18-10-12-19(13-11-18)32-38(36,37)22-9-7-8-21(27)23(22)28/h7-13,17,32H,3-6,14-16H2,1-2H3. The number of rotatable bonds is 9. The minimum absolute atomic E-state index is 0.0180. The molecule has 1 aliphatic heterocycles. The molecule has 0 unspecified atom stereocenters. The van der Waals surface area contributed by atoms with Crippen LogP contribution in [0.5, 0.6) is 0 Å². The van der Waals surface area contributed by atoms with Crippen LogP contribution in [0.15, 0.2) is 53.6 Å². The van der Waals surface area contributed by atoms with Gasteiger partial charge in [0.15, 0.2) is 5.65 Å². The molecule has 0 spiro atoms. The average molecular weight is 575 g/mol. The van der Waals surface area contributed by atoms with Crippen molar-refractivity contribution in [2.45, 2.75) is 37.5 Å². The molecule has 5 rings (SSSR count). The molecule has 0 atom stereocenters. The lowest BCUT2D eigenvalue weighted by atomic mass is 10.1. The summed E-state index contributed by atoms with van der Waals surface area (Å²) in [7, 11) is -2.05. The second kappa shape index (κ2) is 11.1. The van der Waals surface area contributed by atoms with E-state index in [-0.39, 0.29) is 14.9 Å². The number of halogens is 2. The average Bonchev–Trinajstić information content (AvgIpc) is 3.55. The Hall–Kier alpha value is -2.92. The molecule has 9 nitrogen and oxygen atoms in total. The number of benzene rings is 2. The summed E-state index contributed by atoms with van der Waals surface area (Å²) >= 11 is 12.1. The fourth-order valence-corrected chi connectivity index (χ4v) is 6.40. The Labute approximate surface area is 232 Å². The molecule has 2 aromatic carbocycles. The Balaban J connectivity index is 1.41. The molecule has 38 heavy (non-hydrogen) atoms. The number of unbranched alkanes of at least 4 members (excludes halogenated alkanes) is 1. The molecular formula is C26H29Cl2N7O2S. The van der Waals surface area contributed by atoms with Crippen LogP contribution in [0.1, 0.15) is 32.6 Å². The van der Waals surface area contributed by atoms with Crippen LogP contribution >= 0.6 is 23.2 Å². The zero-order valence-electron chi connectivity index (χ0n) is 21.2. The molecule has 1 N–H and O–H groups in total. The summed E-state index contributed by atoms with van der Waals surface area (Å²) < 4.78 is 30.0. The summed E-state index contributed by atoms with van der Waals surface area (Å²) in [6, 6.07) is 11.5. The summed E-state index contributed by atoms with van der Waals surface area (Å²) in [5.41, 5.74) is 2.67. The molecular weight excluding hydrogens is 545 g/mol. The smallest absolute Gasteiger partial charge is 0.263 e. The van der Waals surface area contributed by atoms with E-state index >= 15 is 0 Å². The van der Waals surface area contributed by atoms with Gasteiger partial charge in [0.1, 0.15) is 10.6 Å². The Morgan fingerprint density at radius 3 is 2.53 bits per heavy atom. The van der Waals surface area contributed by atoms with Gasteiger partial charge in [0, 0.05) is 44.1 Å². The molecule has 3 heterocycles. The second-order valence-corrected chi connectivity index (χ2v) is 11.7. The zero-order valence-corrected chi connectivity index (χ0v) is 23.6. The summed E-state index contributed by atoms with van der Waals surface area (Å²) in [5.74, 6) is 0.687. The van der Waals surface area contributed by atoms with Crippen molar-refractivity contribution >= 4 is 55.9 Å². The van der Waals surface area contributed by atoms with Crippen LogP contribution in [0.25, 0.3) is 22.3 Å². The Bertz CT molecular complexity index is 1550. The van der Waals surface area contributed by atoms with E-state index in [9.17, 15) is 8.42 Å². The van der Waals surface area contributed by atoms with Crippen molar-refractivity contribution in [3.8, 4) is 11.3 Å². The molecule has 12 heteroatoms. The SMILES string of the molecule is CCCCN(c1ncc2c(-c3ccc(NS(=O)(=O)c4cccc(Cl)c4Cl)cc3)nn(C)c2n1)N1CCCC1. The number of sulfonamides is 1. The van der Waals surface area contributed by atoms with Gasteiger partial charge in [-0.25, -0.2) is 23.1 Å². The van der Waals surface area contributed by atoms with E-state index in [2.05, 4.69) is 21.7 Å². The van der Waals surface area contributed by atoms with Crippen molar-refractivity contribution < 1.29 is 8.42 Å². The van der Waals surface area contributed by atoms with Crippen LogP contribution in [-0.4, -0.2) is 52.8 Å². The topological polar surface area (TPSA) is 96.2 Å². The van der Waals surface area contributed by atoms with Crippen molar-refractivity contribution in [3.63, 3.8) is 0 Å². The van der Waals surface area contributed by atoms with E-state index < -0.39 is 10.0 Å². The number of hydrogen-bond acceptors (Lipinski definition) is 7. The molecule has 0 aliphatic carbocycles. The number of fused-ring (bicyclic) bond motifs is 1. The minimum Gasteiger partial charge on any atom is -0.280 e. The van der Waals surface area contributed by atoms with Crippen LogP contribution in [0.4, 0.5) is 11.6 Å². The van der Waals surface area contributed by atoms with Crippen LogP contribution in [0.2, 0.25) is 10.0 Å². The van der Waals surface area contributed by atoms with Gasteiger partial charge in [0.2, 0.25) is 5.95 Å². The summed E-state index contributed by atoms with van der Waals surface area (Å²) in [4.78, 5) is 9.53. The van der Waals surface area contributed by atoms with Crippen molar-refractivity contribution in [1.82, 2.24) is 24.8 Å². The van der Waals surface area contributed by atoms with Gasteiger partial charge in [-0.05, 0) is 43.5 Å². The number of anilines is 2. The van der Waals surface area contributed by atoms with Crippen LogP contribution in [0, 0.1) is 0 Å². The second-order valence-electron chi connectivity index (χ2n) is 9.25. The molecule has 1 saturated heterocycles. The largest absolute Gasteiger partial charge is 0.280 e. The predicted molar refractivity (Wildman–Crippen MR) is 152 cm³/mol. The van der Waals surface area contributed by atoms with Crippen molar-refractivity contribution in [2.75, 3.05) is 29.4 Å². The maximum atomic E-state index is 12.9. The van der Waals surface area contributed by atoms with E-state index in [1.807, 2.05) is 25.4 Å². The van der Waals surface area contributed by atoms with Gasteiger partial charge >= 0.3 is 0 Å². The van der Waals surface area contributed by atoms with Gasteiger partial charge < -0.3 is 0 Å². The number of nitrogens with one attached hydrogen (secondary N) is 1. The van der Waals surface area contributed by atoms with Crippen LogP contribution < -0.4 is 9.73 Å². The van der Waals surface area contributed by atoms with Crippen molar-refractivity contribution in [2.24, 2.45) is 7.05 Å². The highest BCUT2D eigenvalue weighted by molar-refractivity contribution is 7.92. The lowest BCUT2D eigenvalue weighted by Gasteiger charge is -2.31. The van der Waals surface area contributed by atoms with Gasteiger partial charge in [0.25, 0.3) is 10.0 Å². The van der Waals surface area contributed by atoms with Gasteiger partial charge in [-0.15, -0.1) is 0 Å². The molecule has 200 valence electrons. The first kappa shape index (κ1) is 26.7. The predicted octanol–water partition coefficient (Wildman–Crippen LogP) is 5.76. The van der Waals surface area contributed by atoms with Gasteiger partial charge in [-0.1, -0.05) is 54.7 Å². The van der Waals surface area contributed by atoms with Crippen LogP contribution in [-0.2, 0) is 17.1 Å². The van der Waals surface area contributed by atoms with Crippen molar-refractivity contribution in [1.29, 1.82) is 0 Å². The number of nitrogens with zero attached hydrogens (tertiary/aromatic N) is 6. The third kappa shape index (κ3) is 5.31. The highest BCUT2D eigenvalue weighted by atomic mass is 35.5. The maximum Gasteiger partial charge on any atom is 0.263 e. The Kier molecular flexibility index (Phi) is 7.76. The lowest BCUT2D eigenvalue weighted by Crippen LogP contribution is -2.42. The first-order valence-corrected chi connectivity index (χ1v) is 14.8. The van der Waals surface area contributed by atoms with Gasteiger partial charge in [-0.3, -0.25) is 9.73 Å². The third-order valence-corrected chi connectivity index (χ3v) is 8.92. The monoisotopic (exact) mass is 573 g/mol. The molecule has 0 radical (unpaired) electrons. The molecule has 0 saturated carbocycles. The lowest BCUT2D eigenvalue weighted by molar-refractivity contribution is 0.298. The minimum atomic E-state index is -3.92. The fourth-order valence-electron chi connectivity index (χ4n) is 4.58. The van der Waals surface area contributed by atoms with Crippen LogP contribution in [0.3, 0.4) is 0 Å². The molecule has 0 amide bonds. The quantitative estimate of drug-likeness (QED) is 0.272. The first-order chi connectivity index (χ1) is 18.3. The Morgan fingerprint density at radius 2 is 1.82 bits per heavy atom. The molecule has 4 aromatic rings. The fraction of sp³-hybridized carbons (Fsp3) is 0.346. The van der Waals surface area contributed by atoms with E-state index in [1.54, 1.807) is 22.9 Å². The molecule has 1 aliphatic rings. The zero-order chi connectivity index (χ0) is 26.9. The van der Waals surface area contributed by atoms with E-state index in [0.717, 1.165) is 54.8 Å². The summed E-state index contributed by atoms with van der Waals surface area (Å²) in [6.45, 7) is 5.09. The highest BCUT2D eigenvalue weighted by Crippen LogP contribution is 2.32. The normalized spacial score (nSPS) is 14.3. The number of hydrogen-bond donors (Lipinski definition) is 1. The van der Waals surface area contributed by atoms with E-state index in [4.69, 9.17) is 38.3 Å².